The van der Waals surface area contributed by atoms with Crippen molar-refractivity contribution >= 4 is 121 Å². The minimum absolute atomic E-state index is 0.0340. The molecule has 1 amide bonds. The number of primary sulfonamides is 1. The molecule has 0 bridgehead atoms. The van der Waals surface area contributed by atoms with Gasteiger partial charge < -0.3 is 14.8 Å². The molecule has 0 saturated heterocycles. The van der Waals surface area contributed by atoms with Gasteiger partial charge in [-0.25, -0.2) is 22.0 Å². The number of anilines is 1. The van der Waals surface area contributed by atoms with Gasteiger partial charge in [-0.15, -0.1) is 0 Å². The number of carbonyl (C=O) groups excluding carboxylic acids is 1. The summed E-state index contributed by atoms with van der Waals surface area (Å²) in [5.41, 5.74) is -0.244. The van der Waals surface area contributed by atoms with Gasteiger partial charge in [0.1, 0.15) is 21.6 Å². The number of benzene rings is 5. The second-order valence-electron chi connectivity index (χ2n) is 20.9. The van der Waals surface area contributed by atoms with E-state index >= 15 is 0 Å². The van der Waals surface area contributed by atoms with Crippen molar-refractivity contribution in [3.8, 4) is 0 Å². The summed E-state index contributed by atoms with van der Waals surface area (Å²) in [6, 6.07) is 16.7. The predicted molar refractivity (Wildman–Crippen MR) is 309 cm³/mol. The number of carbonyl (C=O) groups is 1. The van der Waals surface area contributed by atoms with Crippen molar-refractivity contribution < 1.29 is 95.6 Å². The Labute approximate surface area is 489 Å². The minimum Gasteiger partial charge on any atom is -0.744 e. The van der Waals surface area contributed by atoms with E-state index in [-0.39, 0.29) is 98.2 Å². The fourth-order valence-electron chi connectivity index (χ4n) is 10.6. The highest BCUT2D eigenvalue weighted by Crippen LogP contribution is 2.52. The van der Waals surface area contributed by atoms with Crippen LogP contribution in [-0.4, -0.2) is 132 Å². The number of hydrogen-bond donors (Lipinski definition) is 7. The molecule has 85 heavy (non-hydrogen) atoms. The molecule has 2 aliphatic heterocycles. The molecule has 3 heterocycles. The van der Waals surface area contributed by atoms with Crippen LogP contribution in [0.25, 0.3) is 27.1 Å². The maximum Gasteiger partial charge on any atom is 0.295 e. The van der Waals surface area contributed by atoms with E-state index in [1.807, 2.05) is 0 Å². The molecule has 1 aromatic heterocycles. The number of nitrogens with zero attached hydrogens (tertiary/aromatic N) is 3. The van der Waals surface area contributed by atoms with Crippen molar-refractivity contribution in [3.05, 3.63) is 149 Å². The fourth-order valence-corrected chi connectivity index (χ4v) is 14.8. The third kappa shape index (κ3) is 13.8. The molecule has 33 heteroatoms. The SMILES string of the molecule is CC1(C)C(/C=C/C(=C/C=C2/N(CCCS(=O)(=O)O)c3ccc4c(S(=O)(=O)O)cc(S(=O)(=O)O)cc4c3C2(C)C)c2ccc(C(=O)NCc3ccc(S(N)(=O)=O)cc3)cn2)=[N+](CCCS(=O)(=O)O)c2ccc3c(S(=O)(=O)[O-])cc(S(=O)(=O)O)cc3c21. The first kappa shape index (κ1) is 64.3. The largest absolute Gasteiger partial charge is 0.744 e. The number of nitrogens with one attached hydrogen (secondary N) is 1. The van der Waals surface area contributed by atoms with Crippen LogP contribution in [0.15, 0.2) is 146 Å². The molecule has 0 aliphatic carbocycles. The standard InChI is InChI=1S/C52H53N5O21S7/c1-51(2)46(56(21-5-23-79(59,60)61)42-17-14-37-39(48(42)51)25-35(82(67,68)69)27-44(37)84(73,74)75)19-10-32(41-16-9-33(30-54-41)50(58)55-29-31-7-12-34(13-8-31)81(53,65)66)11-20-47-52(3,4)49-40-26-36(83(70,71)72)28-45(85(76,77)78)38(40)15-18-43(49)57(47)22-6-24-80(62,63)64/h7-20,25-28,30H,5-6,21-24,29H2,1-4H3,(H8-,53,55,58,59,60,61,62,63,64,65,66,67,68,69,70,71,72,73,74,75,76,77,78). The molecule has 0 saturated carbocycles. The molecule has 5 aromatic carbocycles. The summed E-state index contributed by atoms with van der Waals surface area (Å²) >= 11 is 0. The molecule has 0 spiro atoms. The van der Waals surface area contributed by atoms with Crippen LogP contribution in [0.3, 0.4) is 0 Å². The molecular weight excluding hydrogens is 1260 g/mol. The summed E-state index contributed by atoms with van der Waals surface area (Å²) in [6.07, 6.45) is 6.91. The first-order chi connectivity index (χ1) is 39.0. The predicted octanol–water partition coefficient (Wildman–Crippen LogP) is 4.86. The first-order valence-electron chi connectivity index (χ1n) is 24.9. The summed E-state index contributed by atoms with van der Waals surface area (Å²) in [6.45, 7) is 6.17. The average molecular weight is 1310 g/mol. The van der Waals surface area contributed by atoms with E-state index in [1.54, 1.807) is 49.3 Å². The van der Waals surface area contributed by atoms with Crippen molar-refractivity contribution in [3.63, 3.8) is 0 Å². The monoisotopic (exact) mass is 1310 g/mol. The third-order valence-corrected chi connectivity index (χ3v) is 20.3. The molecule has 26 nitrogen and oxygen atoms in total. The number of aromatic nitrogens is 1. The molecule has 6 aromatic rings. The highest BCUT2D eigenvalue weighted by Gasteiger charge is 2.47. The maximum absolute atomic E-state index is 13.5. The van der Waals surface area contributed by atoms with Gasteiger partial charge in [-0.05, 0) is 115 Å². The zero-order chi connectivity index (χ0) is 63.0. The molecule has 454 valence electrons. The second-order valence-corrected chi connectivity index (χ2v) is 31.1. The Morgan fingerprint density at radius 3 is 1.76 bits per heavy atom. The number of pyridine rings is 1. The Morgan fingerprint density at radius 2 is 1.22 bits per heavy atom. The Balaban J connectivity index is 1.34. The average Bonchev–Trinajstić information content (AvgIpc) is 1.64. The lowest BCUT2D eigenvalue weighted by molar-refractivity contribution is -0.437. The van der Waals surface area contributed by atoms with E-state index in [1.165, 1.54) is 79.0 Å². The molecule has 8 N–H and O–H groups in total. The first-order valence-corrected chi connectivity index (χ1v) is 35.4. The van der Waals surface area contributed by atoms with Gasteiger partial charge in [0.25, 0.3) is 56.5 Å². The topological polar surface area (TPSA) is 437 Å². The Morgan fingerprint density at radius 1 is 0.659 bits per heavy atom. The van der Waals surface area contributed by atoms with E-state index in [9.17, 15) is 91.0 Å². The van der Waals surface area contributed by atoms with Gasteiger partial charge in [0.15, 0.2) is 5.71 Å². The Bertz CT molecular complexity index is 4790. The highest BCUT2D eigenvalue weighted by molar-refractivity contribution is 7.89. The lowest BCUT2D eigenvalue weighted by Gasteiger charge is -2.27. The molecule has 0 fully saturated rings. The number of nitrogens with two attached hydrogens (primary N) is 1. The molecular formula is C52H53N5O21S7. The van der Waals surface area contributed by atoms with Crippen LogP contribution in [0.2, 0.25) is 0 Å². The van der Waals surface area contributed by atoms with Crippen molar-refractivity contribution in [2.75, 3.05) is 29.5 Å². The van der Waals surface area contributed by atoms with Crippen LogP contribution in [-0.2, 0) is 88.1 Å². The van der Waals surface area contributed by atoms with Crippen molar-refractivity contribution in [1.82, 2.24) is 10.3 Å². The normalized spacial score (nSPS) is 16.4. The van der Waals surface area contributed by atoms with Gasteiger partial charge in [-0.3, -0.25) is 32.5 Å². The van der Waals surface area contributed by atoms with Crippen LogP contribution in [0.1, 0.15) is 73.3 Å². The quantitative estimate of drug-likeness (QED) is 0.0305. The summed E-state index contributed by atoms with van der Waals surface area (Å²) in [5.74, 6) is -2.11. The summed E-state index contributed by atoms with van der Waals surface area (Å²) < 4.78 is 238. The van der Waals surface area contributed by atoms with Gasteiger partial charge in [0, 0.05) is 76.6 Å². The number of hydrogen-bond acceptors (Lipinski definition) is 18. The van der Waals surface area contributed by atoms with E-state index in [2.05, 4.69) is 10.3 Å². The van der Waals surface area contributed by atoms with Crippen LogP contribution in [0.4, 0.5) is 11.4 Å². The van der Waals surface area contributed by atoms with Crippen LogP contribution in [0.5, 0.6) is 0 Å². The summed E-state index contributed by atoms with van der Waals surface area (Å²) in [4.78, 5) is 15.9. The number of allylic oxidation sites excluding steroid dienone is 6. The lowest BCUT2D eigenvalue weighted by atomic mass is 9.79. The molecule has 0 atom stereocenters. The fraction of sp³-hybridized carbons (Fsp3) is 0.250. The number of sulfonamides is 1. The van der Waals surface area contributed by atoms with Gasteiger partial charge in [0.2, 0.25) is 15.7 Å². The number of fused-ring (bicyclic) bond motifs is 6. The minimum atomic E-state index is -5.42. The summed E-state index contributed by atoms with van der Waals surface area (Å²) in [7, 11) is -34.0. The van der Waals surface area contributed by atoms with Gasteiger partial charge in [-0.1, -0.05) is 38.1 Å². The molecule has 0 unspecified atom stereocenters. The maximum atomic E-state index is 13.5. The van der Waals surface area contributed by atoms with Crippen molar-refractivity contribution in [2.45, 2.75) is 82.4 Å². The van der Waals surface area contributed by atoms with Crippen molar-refractivity contribution in [1.29, 1.82) is 0 Å². The number of amides is 1. The third-order valence-electron chi connectivity index (χ3n) is 14.4. The summed E-state index contributed by atoms with van der Waals surface area (Å²) in [5, 5.41) is 7.34. The van der Waals surface area contributed by atoms with E-state index in [0.29, 0.717) is 29.1 Å². The zero-order valence-corrected chi connectivity index (χ0v) is 50.7. The molecule has 8 rings (SSSR count). The molecule has 2 aliphatic rings. The lowest BCUT2D eigenvalue weighted by Crippen LogP contribution is -2.28. The smallest absolute Gasteiger partial charge is 0.295 e. The van der Waals surface area contributed by atoms with Crippen LogP contribution >= 0.6 is 0 Å². The Hall–Kier alpha value is -6.70. The van der Waals surface area contributed by atoms with E-state index < -0.39 is 119 Å². The van der Waals surface area contributed by atoms with Gasteiger partial charge in [-0.2, -0.15) is 46.7 Å². The Kier molecular flexibility index (Phi) is 17.1. The second kappa shape index (κ2) is 22.5. The number of rotatable bonds is 20. The van der Waals surface area contributed by atoms with Crippen LogP contribution in [0, 0.1) is 0 Å². The van der Waals surface area contributed by atoms with Crippen molar-refractivity contribution in [2.24, 2.45) is 5.14 Å². The van der Waals surface area contributed by atoms with E-state index in [4.69, 9.17) is 5.14 Å². The van der Waals surface area contributed by atoms with Crippen LogP contribution < -0.4 is 15.4 Å². The van der Waals surface area contributed by atoms with E-state index in [0.717, 1.165) is 12.1 Å². The zero-order valence-electron chi connectivity index (χ0n) is 45.0. The van der Waals surface area contributed by atoms with Gasteiger partial charge in [0.05, 0.1) is 47.8 Å². The molecule has 0 radical (unpaired) electrons. The van der Waals surface area contributed by atoms with Gasteiger partial charge >= 0.3 is 0 Å². The highest BCUT2D eigenvalue weighted by atomic mass is 32.2.